The third-order valence-corrected chi connectivity index (χ3v) is 5.24. The highest BCUT2D eigenvalue weighted by Gasteiger charge is 2.33. The number of halogens is 1. The van der Waals surface area contributed by atoms with E-state index >= 15 is 0 Å². The number of piperazine rings is 1. The maximum atomic E-state index is 13.9. The second kappa shape index (κ2) is 8.05. The minimum atomic E-state index is -0.477. The molecule has 0 spiro atoms. The predicted molar refractivity (Wildman–Crippen MR) is 100 cm³/mol. The monoisotopic (exact) mass is 414 g/mol. The second-order valence-corrected chi connectivity index (χ2v) is 7.10. The molecule has 4 amide bonds. The third kappa shape index (κ3) is 3.80. The smallest absolute Gasteiger partial charge is 0.276 e. The minimum absolute atomic E-state index is 0.0567. The second-order valence-electron chi connectivity index (χ2n) is 7.10. The molecule has 0 radical (unpaired) electrons. The molecule has 0 saturated carbocycles. The molecule has 4 rings (SSSR count). The number of carbonyl (C=O) groups is 4. The van der Waals surface area contributed by atoms with E-state index in [1.54, 1.807) is 12.1 Å². The van der Waals surface area contributed by atoms with Crippen LogP contribution in [0.2, 0.25) is 0 Å². The highest BCUT2D eigenvalue weighted by Crippen LogP contribution is 2.24. The van der Waals surface area contributed by atoms with Crippen molar-refractivity contribution in [3.8, 4) is 11.3 Å². The fraction of sp³-hybridized carbons (Fsp3) is 0.350. The lowest BCUT2D eigenvalue weighted by atomic mass is 10.1. The van der Waals surface area contributed by atoms with Crippen LogP contribution in [0.4, 0.5) is 4.39 Å². The number of benzene rings is 1. The molecule has 3 heterocycles. The van der Waals surface area contributed by atoms with Crippen molar-refractivity contribution in [1.82, 2.24) is 19.9 Å². The average molecular weight is 414 g/mol. The van der Waals surface area contributed by atoms with Gasteiger partial charge in [0.15, 0.2) is 11.5 Å². The Bertz CT molecular complexity index is 996. The Hall–Kier alpha value is -3.56. The van der Waals surface area contributed by atoms with Gasteiger partial charge in [-0.25, -0.2) is 4.39 Å². The molecule has 10 heteroatoms. The van der Waals surface area contributed by atoms with Crippen molar-refractivity contribution in [2.24, 2.45) is 0 Å². The molecule has 1 aromatic heterocycles. The normalized spacial score (nSPS) is 17.0. The SMILES string of the molecule is O=C(CN1C(=O)CCC1=O)N1CCN(C(=O)c2cc(-c3ccccc3F)on2)CC1. The maximum Gasteiger partial charge on any atom is 0.276 e. The van der Waals surface area contributed by atoms with Gasteiger partial charge in [-0.1, -0.05) is 17.3 Å². The van der Waals surface area contributed by atoms with Gasteiger partial charge < -0.3 is 14.3 Å². The Kier molecular flexibility index (Phi) is 5.30. The number of amides is 4. The van der Waals surface area contributed by atoms with E-state index < -0.39 is 5.82 Å². The van der Waals surface area contributed by atoms with Gasteiger partial charge in [-0.05, 0) is 12.1 Å². The lowest BCUT2D eigenvalue weighted by Crippen LogP contribution is -2.53. The van der Waals surface area contributed by atoms with E-state index in [0.29, 0.717) is 0 Å². The molecule has 2 aromatic rings. The molecule has 2 fully saturated rings. The highest BCUT2D eigenvalue weighted by molar-refractivity contribution is 6.04. The first-order valence-corrected chi connectivity index (χ1v) is 9.56. The molecule has 0 bridgehead atoms. The van der Waals surface area contributed by atoms with E-state index in [0.717, 1.165) is 4.90 Å². The topological polar surface area (TPSA) is 104 Å². The molecule has 2 aliphatic rings. The van der Waals surface area contributed by atoms with E-state index in [4.69, 9.17) is 4.52 Å². The third-order valence-electron chi connectivity index (χ3n) is 5.24. The molecule has 0 atom stereocenters. The summed E-state index contributed by atoms with van der Waals surface area (Å²) in [6.07, 6.45) is 0.280. The van der Waals surface area contributed by atoms with Gasteiger partial charge in [-0.3, -0.25) is 24.1 Å². The van der Waals surface area contributed by atoms with E-state index in [9.17, 15) is 23.6 Å². The van der Waals surface area contributed by atoms with Crippen LogP contribution >= 0.6 is 0 Å². The number of carbonyl (C=O) groups excluding carboxylic acids is 4. The Morgan fingerprint density at radius 1 is 1.00 bits per heavy atom. The minimum Gasteiger partial charge on any atom is -0.355 e. The van der Waals surface area contributed by atoms with Crippen molar-refractivity contribution in [3.05, 3.63) is 41.8 Å². The highest BCUT2D eigenvalue weighted by atomic mass is 19.1. The summed E-state index contributed by atoms with van der Waals surface area (Å²) >= 11 is 0. The number of likely N-dealkylation sites (tertiary alicyclic amines) is 1. The Balaban J connectivity index is 1.35. The zero-order valence-electron chi connectivity index (χ0n) is 16.0. The molecular formula is C20H19FN4O5. The Morgan fingerprint density at radius 2 is 1.63 bits per heavy atom. The number of nitrogens with zero attached hydrogens (tertiary/aromatic N) is 4. The van der Waals surface area contributed by atoms with Crippen molar-refractivity contribution >= 4 is 23.6 Å². The molecule has 30 heavy (non-hydrogen) atoms. The van der Waals surface area contributed by atoms with Crippen molar-refractivity contribution in [3.63, 3.8) is 0 Å². The fourth-order valence-electron chi connectivity index (χ4n) is 3.52. The van der Waals surface area contributed by atoms with Gasteiger partial charge in [-0.15, -0.1) is 0 Å². The van der Waals surface area contributed by atoms with Gasteiger partial charge in [0.2, 0.25) is 17.7 Å². The molecule has 156 valence electrons. The summed E-state index contributed by atoms with van der Waals surface area (Å²) in [7, 11) is 0. The summed E-state index contributed by atoms with van der Waals surface area (Å²) < 4.78 is 19.0. The maximum absolute atomic E-state index is 13.9. The van der Waals surface area contributed by atoms with Crippen molar-refractivity contribution in [2.45, 2.75) is 12.8 Å². The summed E-state index contributed by atoms with van der Waals surface area (Å²) in [5.74, 6) is -1.69. The molecule has 2 aliphatic heterocycles. The van der Waals surface area contributed by atoms with Gasteiger partial charge in [0.25, 0.3) is 5.91 Å². The standard InChI is InChI=1S/C20H19FN4O5/c21-14-4-2-1-3-13(14)16-11-15(22-30-16)20(29)24-9-7-23(8-10-24)19(28)12-25-17(26)5-6-18(25)27/h1-4,11H,5-10,12H2. The largest absolute Gasteiger partial charge is 0.355 e. The molecule has 1 aromatic carbocycles. The van der Waals surface area contributed by atoms with Crippen LogP contribution in [0.3, 0.4) is 0 Å². The average Bonchev–Trinajstić information content (AvgIpc) is 3.36. The Labute approximate surface area is 171 Å². The lowest BCUT2D eigenvalue weighted by Gasteiger charge is -2.34. The summed E-state index contributed by atoms with van der Waals surface area (Å²) in [4.78, 5) is 52.5. The number of hydrogen-bond donors (Lipinski definition) is 0. The summed E-state index contributed by atoms with van der Waals surface area (Å²) in [6.45, 7) is 0.835. The quantitative estimate of drug-likeness (QED) is 0.689. The van der Waals surface area contributed by atoms with Crippen LogP contribution in [0.15, 0.2) is 34.9 Å². The van der Waals surface area contributed by atoms with Crippen LogP contribution in [-0.4, -0.2) is 76.2 Å². The molecule has 9 nitrogen and oxygen atoms in total. The predicted octanol–water partition coefficient (Wildman–Crippen LogP) is 0.914. The lowest BCUT2D eigenvalue weighted by molar-refractivity contribution is -0.146. The first kappa shape index (κ1) is 19.7. The molecular weight excluding hydrogens is 395 g/mol. The van der Waals surface area contributed by atoms with Crippen LogP contribution in [0.5, 0.6) is 0 Å². The number of imide groups is 1. The van der Waals surface area contributed by atoms with Crippen LogP contribution in [0.1, 0.15) is 23.3 Å². The number of hydrogen-bond acceptors (Lipinski definition) is 6. The summed E-state index contributed by atoms with van der Waals surface area (Å²) in [5, 5.41) is 3.75. The molecule has 0 N–H and O–H groups in total. The van der Waals surface area contributed by atoms with Crippen molar-refractivity contribution < 1.29 is 28.1 Å². The van der Waals surface area contributed by atoms with E-state index in [1.165, 1.54) is 28.0 Å². The van der Waals surface area contributed by atoms with Gasteiger partial charge in [0.1, 0.15) is 12.4 Å². The summed E-state index contributed by atoms with van der Waals surface area (Å²) in [6, 6.07) is 7.42. The fourth-order valence-corrected chi connectivity index (χ4v) is 3.52. The van der Waals surface area contributed by atoms with E-state index in [1.807, 2.05) is 0 Å². The van der Waals surface area contributed by atoms with Gasteiger partial charge >= 0.3 is 0 Å². The molecule has 2 saturated heterocycles. The van der Waals surface area contributed by atoms with E-state index in [2.05, 4.69) is 5.16 Å². The zero-order valence-corrected chi connectivity index (χ0v) is 16.0. The van der Waals surface area contributed by atoms with Crippen LogP contribution in [-0.2, 0) is 14.4 Å². The molecule has 0 aliphatic carbocycles. The van der Waals surface area contributed by atoms with E-state index in [-0.39, 0.29) is 86.2 Å². The number of aromatic nitrogens is 1. The zero-order chi connectivity index (χ0) is 21.3. The van der Waals surface area contributed by atoms with Crippen LogP contribution < -0.4 is 0 Å². The van der Waals surface area contributed by atoms with Crippen LogP contribution in [0.25, 0.3) is 11.3 Å². The van der Waals surface area contributed by atoms with Gasteiger partial charge in [-0.2, -0.15) is 0 Å². The number of rotatable bonds is 4. The first-order valence-electron chi connectivity index (χ1n) is 9.56. The summed E-state index contributed by atoms with van der Waals surface area (Å²) in [5.41, 5.74) is 0.270. The first-order chi connectivity index (χ1) is 14.4. The molecule has 0 unspecified atom stereocenters. The van der Waals surface area contributed by atoms with Crippen molar-refractivity contribution in [1.29, 1.82) is 0 Å². The van der Waals surface area contributed by atoms with Crippen molar-refractivity contribution in [2.75, 3.05) is 32.7 Å². The van der Waals surface area contributed by atoms with Gasteiger partial charge in [0.05, 0.1) is 5.56 Å². The van der Waals surface area contributed by atoms with Crippen LogP contribution in [0, 0.1) is 5.82 Å². The van der Waals surface area contributed by atoms with Gasteiger partial charge in [0, 0.05) is 45.1 Å². The Morgan fingerprint density at radius 3 is 2.30 bits per heavy atom.